The van der Waals surface area contributed by atoms with Crippen LogP contribution in [0, 0.1) is 5.92 Å². The van der Waals surface area contributed by atoms with Crippen molar-refractivity contribution < 1.29 is 18.5 Å². The zero-order chi connectivity index (χ0) is 24.9. The van der Waals surface area contributed by atoms with Crippen molar-refractivity contribution in [1.82, 2.24) is 10.3 Å². The van der Waals surface area contributed by atoms with Gasteiger partial charge >= 0.3 is 0 Å². The lowest BCUT2D eigenvalue weighted by Gasteiger charge is -2.39. The zero-order valence-electron chi connectivity index (χ0n) is 20.6. The van der Waals surface area contributed by atoms with E-state index >= 15 is 0 Å². The number of likely N-dealkylation sites (N-methyl/N-ethyl adjacent to an activating group) is 1. The Morgan fingerprint density at radius 3 is 2.84 bits per heavy atom. The second kappa shape index (κ2) is 7.81. The summed E-state index contributed by atoms with van der Waals surface area (Å²) in [5.74, 6) is -0.671. The quantitative estimate of drug-likeness (QED) is 0.664. The molecule has 2 aliphatic heterocycles. The van der Waals surface area contributed by atoms with Crippen LogP contribution in [0.5, 0.6) is 0 Å². The standard InChI is InChI=1S/C23H26N6O3/c1-24-23(32)15-11-25-19(27-22(31)13-6-7-13)10-17(15)26-16-4-3-5-18-21(16)28(2)12-14-8-9-20(30)29(14)18/h3-5,10-11,13-14H,6-9,12H2,1-2H3,(H,24,32)(H2,25,26,27,31)/t14-/m0/s1/i1D3. The highest BCUT2D eigenvalue weighted by molar-refractivity contribution is 6.05. The highest BCUT2D eigenvalue weighted by Gasteiger charge is 2.39. The summed E-state index contributed by atoms with van der Waals surface area (Å²) >= 11 is 0. The van der Waals surface area contributed by atoms with Gasteiger partial charge in [0.25, 0.3) is 5.91 Å². The van der Waals surface area contributed by atoms with E-state index in [-0.39, 0.29) is 40.8 Å². The molecule has 5 rings (SSSR count). The Morgan fingerprint density at radius 2 is 2.06 bits per heavy atom. The van der Waals surface area contributed by atoms with E-state index in [9.17, 15) is 14.4 Å². The molecule has 1 atom stereocenters. The molecule has 166 valence electrons. The minimum Gasteiger partial charge on any atom is -0.369 e. The average Bonchev–Trinajstić information content (AvgIpc) is 3.56. The number of aromatic nitrogens is 1. The summed E-state index contributed by atoms with van der Waals surface area (Å²) in [4.78, 5) is 45.6. The van der Waals surface area contributed by atoms with Crippen LogP contribution in [0.3, 0.4) is 0 Å². The predicted octanol–water partition coefficient (Wildman–Crippen LogP) is 2.48. The van der Waals surface area contributed by atoms with E-state index < -0.39 is 12.9 Å². The number of carbonyl (C=O) groups is 3. The first-order valence-corrected chi connectivity index (χ1v) is 10.7. The Labute approximate surface area is 190 Å². The van der Waals surface area contributed by atoms with Crippen LogP contribution >= 0.6 is 0 Å². The highest BCUT2D eigenvalue weighted by Crippen LogP contribution is 2.44. The molecule has 2 fully saturated rings. The fourth-order valence-electron chi connectivity index (χ4n) is 4.48. The topological polar surface area (TPSA) is 107 Å². The van der Waals surface area contributed by atoms with E-state index in [1.165, 1.54) is 12.3 Å². The molecule has 1 aliphatic carbocycles. The van der Waals surface area contributed by atoms with Crippen molar-refractivity contribution in [2.75, 3.05) is 41.0 Å². The Bertz CT molecular complexity index is 1210. The maximum absolute atomic E-state index is 12.8. The first-order valence-electron chi connectivity index (χ1n) is 12.2. The Morgan fingerprint density at radius 1 is 1.22 bits per heavy atom. The monoisotopic (exact) mass is 437 g/mol. The van der Waals surface area contributed by atoms with Gasteiger partial charge in [0, 0.05) is 49.3 Å². The maximum atomic E-state index is 12.8. The van der Waals surface area contributed by atoms with Gasteiger partial charge in [0.1, 0.15) is 5.82 Å². The van der Waals surface area contributed by atoms with Gasteiger partial charge < -0.3 is 25.8 Å². The van der Waals surface area contributed by atoms with Crippen LogP contribution in [-0.4, -0.2) is 49.3 Å². The minimum absolute atomic E-state index is 0.0109. The number of para-hydroxylation sites is 1. The molecule has 1 saturated heterocycles. The molecule has 0 bridgehead atoms. The molecule has 9 nitrogen and oxygen atoms in total. The van der Waals surface area contributed by atoms with Crippen molar-refractivity contribution >= 4 is 46.3 Å². The molecule has 1 aromatic carbocycles. The molecule has 3 N–H and O–H groups in total. The molecule has 9 heteroatoms. The lowest BCUT2D eigenvalue weighted by molar-refractivity contribution is -0.118. The van der Waals surface area contributed by atoms with Crippen molar-refractivity contribution in [2.45, 2.75) is 31.7 Å². The van der Waals surface area contributed by atoms with Crippen LogP contribution in [0.4, 0.5) is 28.6 Å². The van der Waals surface area contributed by atoms with Crippen molar-refractivity contribution in [1.29, 1.82) is 0 Å². The van der Waals surface area contributed by atoms with Crippen LogP contribution in [0.25, 0.3) is 0 Å². The van der Waals surface area contributed by atoms with Crippen LogP contribution < -0.4 is 25.8 Å². The van der Waals surface area contributed by atoms with Crippen molar-refractivity contribution in [3.05, 3.63) is 36.0 Å². The first kappa shape index (κ1) is 17.0. The number of hydrogen-bond acceptors (Lipinski definition) is 6. The van der Waals surface area contributed by atoms with Gasteiger partial charge in [-0.15, -0.1) is 0 Å². The largest absolute Gasteiger partial charge is 0.369 e. The van der Waals surface area contributed by atoms with Crippen molar-refractivity contribution in [2.24, 2.45) is 5.92 Å². The first-order chi connectivity index (χ1) is 16.6. The summed E-state index contributed by atoms with van der Waals surface area (Å²) in [6.45, 7) is -2.01. The van der Waals surface area contributed by atoms with E-state index in [0.29, 0.717) is 18.7 Å². The van der Waals surface area contributed by atoms with E-state index in [1.54, 1.807) is 0 Å². The van der Waals surface area contributed by atoms with Crippen LogP contribution in [0.15, 0.2) is 30.5 Å². The molecule has 0 unspecified atom stereocenters. The summed E-state index contributed by atoms with van der Waals surface area (Å²) in [5, 5.41) is 7.98. The Balaban J connectivity index is 1.52. The third-order valence-corrected chi connectivity index (χ3v) is 6.20. The molecular weight excluding hydrogens is 408 g/mol. The number of hydrogen-bond donors (Lipinski definition) is 3. The molecule has 3 aliphatic rings. The number of benzene rings is 1. The van der Waals surface area contributed by atoms with Crippen LogP contribution in [-0.2, 0) is 9.59 Å². The SMILES string of the molecule is [2H]C([2H])([2H])NC(=O)c1cnc(NC(=O)C2CC2)cc1Nc1cccc2c1N(C)C[C@@H]1CCC(=O)N21. The van der Waals surface area contributed by atoms with Crippen molar-refractivity contribution in [3.63, 3.8) is 0 Å². The number of carbonyl (C=O) groups excluding carboxylic acids is 3. The molecule has 3 amide bonds. The fraction of sp³-hybridized carbons (Fsp3) is 0.391. The van der Waals surface area contributed by atoms with E-state index in [0.717, 1.165) is 30.6 Å². The predicted molar refractivity (Wildman–Crippen MR) is 122 cm³/mol. The lowest BCUT2D eigenvalue weighted by atomic mass is 10.1. The van der Waals surface area contributed by atoms with Crippen LogP contribution in [0.2, 0.25) is 0 Å². The average molecular weight is 438 g/mol. The van der Waals surface area contributed by atoms with Gasteiger partial charge in [0.05, 0.1) is 34.4 Å². The summed E-state index contributed by atoms with van der Waals surface area (Å²) in [5.41, 5.74) is 2.50. The highest BCUT2D eigenvalue weighted by atomic mass is 16.2. The molecule has 0 spiro atoms. The summed E-state index contributed by atoms with van der Waals surface area (Å²) in [6, 6.07) is 7.16. The van der Waals surface area contributed by atoms with E-state index in [1.807, 2.05) is 35.5 Å². The molecule has 1 aromatic heterocycles. The Kier molecular flexibility index (Phi) is 4.15. The summed E-state index contributed by atoms with van der Waals surface area (Å²) in [6.07, 6.45) is 4.20. The van der Waals surface area contributed by atoms with Gasteiger partial charge in [0.2, 0.25) is 11.8 Å². The van der Waals surface area contributed by atoms with Gasteiger partial charge in [-0.3, -0.25) is 14.4 Å². The maximum Gasteiger partial charge on any atom is 0.254 e. The van der Waals surface area contributed by atoms with Gasteiger partial charge in [0.15, 0.2) is 0 Å². The zero-order valence-corrected chi connectivity index (χ0v) is 17.6. The Hall–Kier alpha value is -3.62. The van der Waals surface area contributed by atoms with E-state index in [4.69, 9.17) is 4.11 Å². The molecule has 1 saturated carbocycles. The van der Waals surface area contributed by atoms with Crippen molar-refractivity contribution in [3.8, 4) is 0 Å². The number of fused-ring (bicyclic) bond motifs is 3. The fourth-order valence-corrected chi connectivity index (χ4v) is 4.48. The number of pyridine rings is 1. The number of amides is 3. The van der Waals surface area contributed by atoms with Gasteiger partial charge in [-0.2, -0.15) is 0 Å². The van der Waals surface area contributed by atoms with E-state index in [2.05, 4.69) is 20.5 Å². The molecule has 2 aromatic rings. The summed E-state index contributed by atoms with van der Waals surface area (Å²) in [7, 11) is 1.94. The second-order valence-electron chi connectivity index (χ2n) is 8.47. The van der Waals surface area contributed by atoms with Gasteiger partial charge in [-0.1, -0.05) is 6.07 Å². The summed E-state index contributed by atoms with van der Waals surface area (Å²) < 4.78 is 22.2. The molecule has 32 heavy (non-hydrogen) atoms. The number of nitrogens with zero attached hydrogens (tertiary/aromatic N) is 3. The third-order valence-electron chi connectivity index (χ3n) is 6.20. The minimum atomic E-state index is -2.68. The number of nitrogens with one attached hydrogen (secondary N) is 3. The molecule has 3 heterocycles. The smallest absolute Gasteiger partial charge is 0.254 e. The van der Waals surface area contributed by atoms with Gasteiger partial charge in [-0.25, -0.2) is 4.98 Å². The van der Waals surface area contributed by atoms with Gasteiger partial charge in [-0.05, 0) is 31.4 Å². The molecule has 0 radical (unpaired) electrons. The lowest BCUT2D eigenvalue weighted by Crippen LogP contribution is -2.46. The normalized spacial score (nSPS) is 21.1. The second-order valence-corrected chi connectivity index (χ2v) is 8.47. The molecular formula is C23H26N6O3. The number of anilines is 5. The number of rotatable bonds is 5. The van der Waals surface area contributed by atoms with Crippen LogP contribution in [0.1, 0.15) is 40.2 Å². The third kappa shape index (κ3) is 3.53.